The van der Waals surface area contributed by atoms with E-state index in [2.05, 4.69) is 25.7 Å². The maximum Gasteiger partial charge on any atom is 0.240 e. The first-order valence-corrected chi connectivity index (χ1v) is 9.24. The van der Waals surface area contributed by atoms with Crippen LogP contribution in [0.2, 0.25) is 0 Å². The van der Waals surface area contributed by atoms with E-state index in [4.69, 9.17) is 9.26 Å². The molecule has 1 aromatic rings. The van der Waals surface area contributed by atoms with Crippen molar-refractivity contribution in [1.29, 1.82) is 0 Å². The van der Waals surface area contributed by atoms with E-state index in [0.29, 0.717) is 24.2 Å². The van der Waals surface area contributed by atoms with Crippen LogP contribution >= 0.6 is 0 Å². The standard InChI is InChI=1S/C17H29N5O3/c1-12(24-2)16-20-15(25-21-16)11-22-8-4-5-13(10-22)9-19-17(23)14-6-3-7-18-14/h12-14,18H,3-11H2,1-2H3,(H,19,23). The number of hydrogen-bond acceptors (Lipinski definition) is 7. The number of hydrogen-bond donors (Lipinski definition) is 2. The van der Waals surface area contributed by atoms with Gasteiger partial charge in [-0.25, -0.2) is 0 Å². The minimum absolute atomic E-state index is 0.000665. The van der Waals surface area contributed by atoms with E-state index < -0.39 is 0 Å². The lowest BCUT2D eigenvalue weighted by molar-refractivity contribution is -0.123. The second-order valence-electron chi connectivity index (χ2n) is 7.06. The normalized spacial score (nSPS) is 25.8. The highest BCUT2D eigenvalue weighted by Crippen LogP contribution is 2.19. The molecule has 1 amide bonds. The van der Waals surface area contributed by atoms with Gasteiger partial charge in [0, 0.05) is 20.2 Å². The Morgan fingerprint density at radius 1 is 1.48 bits per heavy atom. The van der Waals surface area contributed by atoms with Crippen LogP contribution in [0.3, 0.4) is 0 Å². The first-order chi connectivity index (χ1) is 12.2. The van der Waals surface area contributed by atoms with Crippen LogP contribution < -0.4 is 10.6 Å². The number of methoxy groups -OCH3 is 1. The monoisotopic (exact) mass is 351 g/mol. The minimum Gasteiger partial charge on any atom is -0.374 e. The van der Waals surface area contributed by atoms with Crippen molar-refractivity contribution in [2.45, 2.75) is 51.3 Å². The number of carbonyl (C=O) groups excluding carboxylic acids is 1. The van der Waals surface area contributed by atoms with Crippen molar-refractivity contribution >= 4 is 5.91 Å². The minimum atomic E-state index is -0.161. The fourth-order valence-corrected chi connectivity index (χ4v) is 3.53. The molecule has 8 heteroatoms. The largest absolute Gasteiger partial charge is 0.374 e. The number of nitrogens with one attached hydrogen (secondary N) is 2. The summed E-state index contributed by atoms with van der Waals surface area (Å²) in [6, 6.07) is -0.000665. The van der Waals surface area contributed by atoms with Gasteiger partial charge in [0.05, 0.1) is 12.6 Å². The first-order valence-electron chi connectivity index (χ1n) is 9.24. The van der Waals surface area contributed by atoms with Crippen molar-refractivity contribution in [3.05, 3.63) is 11.7 Å². The van der Waals surface area contributed by atoms with Gasteiger partial charge < -0.3 is 19.9 Å². The third kappa shape index (κ3) is 4.99. The summed E-state index contributed by atoms with van der Waals surface area (Å²) in [5.41, 5.74) is 0. The van der Waals surface area contributed by atoms with Crippen LogP contribution in [-0.4, -0.2) is 60.3 Å². The van der Waals surface area contributed by atoms with E-state index in [1.54, 1.807) is 7.11 Å². The van der Waals surface area contributed by atoms with Gasteiger partial charge in [-0.05, 0) is 51.6 Å². The molecule has 0 spiro atoms. The van der Waals surface area contributed by atoms with E-state index in [9.17, 15) is 4.79 Å². The van der Waals surface area contributed by atoms with Crippen LogP contribution in [-0.2, 0) is 16.1 Å². The number of likely N-dealkylation sites (tertiary alicyclic amines) is 1. The maximum absolute atomic E-state index is 12.1. The van der Waals surface area contributed by atoms with Crippen molar-refractivity contribution in [2.24, 2.45) is 5.92 Å². The lowest BCUT2D eigenvalue weighted by Crippen LogP contribution is -2.45. The summed E-state index contributed by atoms with van der Waals surface area (Å²) in [7, 11) is 1.63. The number of piperidine rings is 1. The number of amides is 1. The van der Waals surface area contributed by atoms with Crippen molar-refractivity contribution in [3.8, 4) is 0 Å². The van der Waals surface area contributed by atoms with E-state index >= 15 is 0 Å². The quantitative estimate of drug-likeness (QED) is 0.752. The Labute approximate surface area is 148 Å². The third-order valence-corrected chi connectivity index (χ3v) is 5.10. The lowest BCUT2D eigenvalue weighted by Gasteiger charge is -2.32. The van der Waals surface area contributed by atoms with E-state index in [-0.39, 0.29) is 18.1 Å². The average Bonchev–Trinajstić information content (AvgIpc) is 3.31. The Kier molecular flexibility index (Phi) is 6.39. The number of rotatable bonds is 7. The Morgan fingerprint density at radius 2 is 2.36 bits per heavy atom. The summed E-state index contributed by atoms with van der Waals surface area (Å²) >= 11 is 0. The Hall–Kier alpha value is -1.51. The highest BCUT2D eigenvalue weighted by molar-refractivity contribution is 5.81. The number of nitrogens with zero attached hydrogens (tertiary/aromatic N) is 3. The Balaban J connectivity index is 1.44. The van der Waals surface area contributed by atoms with Gasteiger partial charge in [-0.15, -0.1) is 0 Å². The van der Waals surface area contributed by atoms with Gasteiger partial charge in [0.1, 0.15) is 6.10 Å². The van der Waals surface area contributed by atoms with Gasteiger partial charge >= 0.3 is 0 Å². The van der Waals surface area contributed by atoms with Gasteiger partial charge in [0.2, 0.25) is 11.8 Å². The van der Waals surface area contributed by atoms with Crippen molar-refractivity contribution < 1.29 is 14.1 Å². The van der Waals surface area contributed by atoms with E-state index in [1.807, 2.05) is 6.92 Å². The predicted molar refractivity (Wildman–Crippen MR) is 91.8 cm³/mol. The molecule has 2 aliphatic heterocycles. The van der Waals surface area contributed by atoms with Crippen LogP contribution in [0, 0.1) is 5.92 Å². The fraction of sp³-hybridized carbons (Fsp3) is 0.824. The van der Waals surface area contributed by atoms with Crippen LogP contribution in [0.5, 0.6) is 0 Å². The molecule has 25 heavy (non-hydrogen) atoms. The first kappa shape index (κ1) is 18.3. The third-order valence-electron chi connectivity index (χ3n) is 5.10. The zero-order valence-corrected chi connectivity index (χ0v) is 15.2. The molecule has 0 saturated carbocycles. The molecule has 3 unspecified atom stereocenters. The zero-order valence-electron chi connectivity index (χ0n) is 15.2. The van der Waals surface area contributed by atoms with Gasteiger partial charge in [-0.3, -0.25) is 9.69 Å². The molecule has 2 fully saturated rings. The van der Waals surface area contributed by atoms with Crippen LogP contribution in [0.1, 0.15) is 50.4 Å². The molecule has 0 bridgehead atoms. The molecular weight excluding hydrogens is 322 g/mol. The Bertz CT molecular complexity index is 558. The molecular formula is C17H29N5O3. The molecule has 0 aliphatic carbocycles. The van der Waals surface area contributed by atoms with Gasteiger partial charge in [-0.1, -0.05) is 5.16 Å². The number of aromatic nitrogens is 2. The smallest absolute Gasteiger partial charge is 0.240 e. The van der Waals surface area contributed by atoms with Gasteiger partial charge in [0.25, 0.3) is 0 Å². The van der Waals surface area contributed by atoms with Crippen molar-refractivity contribution in [2.75, 3.05) is 33.3 Å². The summed E-state index contributed by atoms with van der Waals surface area (Å²) < 4.78 is 10.5. The maximum atomic E-state index is 12.1. The molecule has 1 aromatic heterocycles. The molecule has 2 N–H and O–H groups in total. The molecule has 140 valence electrons. The molecule has 3 rings (SSSR count). The number of ether oxygens (including phenoxy) is 1. The summed E-state index contributed by atoms with van der Waals surface area (Å²) in [5, 5.41) is 10.3. The summed E-state index contributed by atoms with van der Waals surface area (Å²) in [5.74, 6) is 1.82. The van der Waals surface area contributed by atoms with Crippen molar-refractivity contribution in [3.63, 3.8) is 0 Å². The lowest BCUT2D eigenvalue weighted by atomic mass is 9.98. The summed E-state index contributed by atoms with van der Waals surface area (Å²) in [4.78, 5) is 18.8. The average molecular weight is 351 g/mol. The molecule has 8 nitrogen and oxygen atoms in total. The molecule has 2 saturated heterocycles. The van der Waals surface area contributed by atoms with E-state index in [0.717, 1.165) is 51.9 Å². The van der Waals surface area contributed by atoms with Crippen molar-refractivity contribution in [1.82, 2.24) is 25.7 Å². The molecule has 2 aliphatic rings. The summed E-state index contributed by atoms with van der Waals surface area (Å²) in [6.07, 6.45) is 4.14. The molecule has 0 aromatic carbocycles. The van der Waals surface area contributed by atoms with Gasteiger partial charge in [0.15, 0.2) is 5.82 Å². The second kappa shape index (κ2) is 8.73. The SMILES string of the molecule is COC(C)c1noc(CN2CCCC(CNC(=O)C3CCCN3)C2)n1. The highest BCUT2D eigenvalue weighted by atomic mass is 16.5. The summed E-state index contributed by atoms with van der Waals surface area (Å²) in [6.45, 7) is 6.19. The number of carbonyl (C=O) groups is 1. The Morgan fingerprint density at radius 3 is 3.12 bits per heavy atom. The zero-order chi connectivity index (χ0) is 17.6. The van der Waals surface area contributed by atoms with Crippen LogP contribution in [0.15, 0.2) is 4.52 Å². The fourth-order valence-electron chi connectivity index (χ4n) is 3.53. The second-order valence-corrected chi connectivity index (χ2v) is 7.06. The van der Waals surface area contributed by atoms with E-state index in [1.165, 1.54) is 0 Å². The van der Waals surface area contributed by atoms with Gasteiger partial charge in [-0.2, -0.15) is 4.98 Å². The van der Waals surface area contributed by atoms with Crippen LogP contribution in [0.25, 0.3) is 0 Å². The molecule has 0 radical (unpaired) electrons. The van der Waals surface area contributed by atoms with Crippen LogP contribution in [0.4, 0.5) is 0 Å². The predicted octanol–water partition coefficient (Wildman–Crippen LogP) is 0.857. The molecule has 3 atom stereocenters. The molecule has 3 heterocycles. The highest BCUT2D eigenvalue weighted by Gasteiger charge is 2.25. The topological polar surface area (TPSA) is 92.5 Å².